The highest BCUT2D eigenvalue weighted by Gasteiger charge is 2.47. The number of ether oxygens (including phenoxy) is 1. The van der Waals surface area contributed by atoms with Crippen LogP contribution < -0.4 is 10.6 Å². The molecule has 2 aliphatic rings. The Bertz CT molecular complexity index is 889. The number of benzene rings is 1. The zero-order chi connectivity index (χ0) is 21.3. The van der Waals surface area contributed by atoms with Gasteiger partial charge in [-0.05, 0) is 30.4 Å². The molecule has 0 radical (unpaired) electrons. The molecule has 3 atom stereocenters. The van der Waals surface area contributed by atoms with Crippen molar-refractivity contribution < 1.29 is 22.7 Å². The smallest absolute Gasteiger partial charge is 0.376 e. The minimum atomic E-state index is -4.48. The summed E-state index contributed by atoms with van der Waals surface area (Å²) in [6.07, 6.45) is -0.870. The van der Waals surface area contributed by atoms with Crippen LogP contribution in [0.2, 0.25) is 0 Å². The monoisotopic (exact) mass is 422 g/mol. The van der Waals surface area contributed by atoms with Crippen LogP contribution in [0.25, 0.3) is 0 Å². The Morgan fingerprint density at radius 1 is 1.33 bits per heavy atom. The minimum absolute atomic E-state index is 0.0546. The summed E-state index contributed by atoms with van der Waals surface area (Å²) in [5, 5.41) is 9.78. The molecule has 4 rings (SSSR count). The third kappa shape index (κ3) is 4.16. The molecular weight excluding hydrogens is 397 g/mol. The zero-order valence-corrected chi connectivity index (χ0v) is 16.7. The van der Waals surface area contributed by atoms with Crippen LogP contribution in [0.3, 0.4) is 0 Å². The lowest BCUT2D eigenvalue weighted by Gasteiger charge is -2.34. The second-order valence-electron chi connectivity index (χ2n) is 7.78. The Morgan fingerprint density at radius 2 is 2.10 bits per heavy atom. The van der Waals surface area contributed by atoms with E-state index in [1.165, 1.54) is 6.20 Å². The highest BCUT2D eigenvalue weighted by atomic mass is 19.4. The topological polar surface area (TPSA) is 68.2 Å². The lowest BCUT2D eigenvalue weighted by molar-refractivity contribution is -0.173. The van der Waals surface area contributed by atoms with Crippen molar-refractivity contribution in [3.63, 3.8) is 0 Å². The van der Waals surface area contributed by atoms with Gasteiger partial charge >= 0.3 is 6.18 Å². The van der Waals surface area contributed by atoms with Crippen molar-refractivity contribution in [2.45, 2.75) is 57.0 Å². The molecule has 0 bridgehead atoms. The number of nitrogens with zero attached hydrogens (tertiary/aromatic N) is 2. The van der Waals surface area contributed by atoms with Gasteiger partial charge in [0.25, 0.3) is 5.91 Å². The second-order valence-corrected chi connectivity index (χ2v) is 7.78. The number of carbonyl (C=O) groups excluding carboxylic acids is 1. The Morgan fingerprint density at radius 3 is 2.73 bits per heavy atom. The van der Waals surface area contributed by atoms with Crippen molar-refractivity contribution in [1.29, 1.82) is 0 Å². The number of nitrogens with one attached hydrogen (secondary N) is 2. The van der Waals surface area contributed by atoms with E-state index in [-0.39, 0.29) is 23.9 Å². The van der Waals surface area contributed by atoms with Crippen molar-refractivity contribution in [3.8, 4) is 0 Å². The van der Waals surface area contributed by atoms with Gasteiger partial charge in [0.2, 0.25) is 0 Å². The van der Waals surface area contributed by atoms with E-state index in [0.717, 1.165) is 35.1 Å². The molecule has 30 heavy (non-hydrogen) atoms. The Labute approximate surface area is 172 Å². The molecule has 0 unspecified atom stereocenters. The number of carbonyl (C=O) groups is 1. The first-order chi connectivity index (χ1) is 14.4. The molecule has 1 fully saturated rings. The van der Waals surface area contributed by atoms with Gasteiger partial charge in [0, 0.05) is 19.6 Å². The molecule has 2 aromatic rings. The quantitative estimate of drug-likeness (QED) is 0.764. The number of alkyl halides is 3. The number of aromatic nitrogens is 2. The average molecular weight is 422 g/mol. The summed E-state index contributed by atoms with van der Waals surface area (Å²) in [5.41, 5.74) is 1.97. The summed E-state index contributed by atoms with van der Waals surface area (Å²) >= 11 is 0. The molecule has 9 heteroatoms. The number of rotatable bonds is 5. The van der Waals surface area contributed by atoms with E-state index in [4.69, 9.17) is 4.74 Å². The SMILES string of the molecule is CCc1ccc([C@@H]2C[C@@H](C(F)(F)F)n3ncc(C(=O)NC[C@H]4CCCO4)c3N2)cc1. The van der Waals surface area contributed by atoms with Gasteiger partial charge < -0.3 is 15.4 Å². The van der Waals surface area contributed by atoms with E-state index >= 15 is 0 Å². The van der Waals surface area contributed by atoms with Crippen LogP contribution in [0, 0.1) is 0 Å². The molecule has 6 nitrogen and oxygen atoms in total. The first-order valence-electron chi connectivity index (χ1n) is 10.3. The lowest BCUT2D eigenvalue weighted by Crippen LogP contribution is -2.37. The van der Waals surface area contributed by atoms with Crippen molar-refractivity contribution >= 4 is 11.7 Å². The van der Waals surface area contributed by atoms with Crippen LogP contribution in [-0.4, -0.2) is 41.1 Å². The Balaban J connectivity index is 1.59. The van der Waals surface area contributed by atoms with Gasteiger partial charge in [-0.3, -0.25) is 4.79 Å². The third-order valence-electron chi connectivity index (χ3n) is 5.79. The van der Waals surface area contributed by atoms with E-state index in [9.17, 15) is 18.0 Å². The number of amides is 1. The van der Waals surface area contributed by atoms with Crippen molar-refractivity contribution in [2.24, 2.45) is 0 Å². The fourth-order valence-corrected chi connectivity index (χ4v) is 4.04. The molecule has 2 aliphatic heterocycles. The van der Waals surface area contributed by atoms with Crippen LogP contribution in [0.5, 0.6) is 0 Å². The molecule has 0 aliphatic carbocycles. The van der Waals surface area contributed by atoms with Gasteiger partial charge in [-0.15, -0.1) is 0 Å². The largest absolute Gasteiger partial charge is 0.410 e. The maximum absolute atomic E-state index is 13.8. The lowest BCUT2D eigenvalue weighted by atomic mass is 9.95. The number of fused-ring (bicyclic) bond motifs is 1. The molecule has 1 amide bonds. The van der Waals surface area contributed by atoms with E-state index in [1.54, 1.807) is 0 Å². The van der Waals surface area contributed by atoms with Crippen LogP contribution in [0.4, 0.5) is 19.0 Å². The van der Waals surface area contributed by atoms with Crippen molar-refractivity contribution in [1.82, 2.24) is 15.1 Å². The van der Waals surface area contributed by atoms with Crippen LogP contribution in [0.15, 0.2) is 30.5 Å². The van der Waals surface area contributed by atoms with Gasteiger partial charge in [0.05, 0.1) is 18.3 Å². The van der Waals surface area contributed by atoms with Crippen molar-refractivity contribution in [3.05, 3.63) is 47.2 Å². The third-order valence-corrected chi connectivity index (χ3v) is 5.79. The molecule has 1 aromatic heterocycles. The summed E-state index contributed by atoms with van der Waals surface area (Å²) in [5.74, 6) is -0.361. The predicted octanol–water partition coefficient (Wildman–Crippen LogP) is 4.01. The molecule has 2 N–H and O–H groups in total. The number of anilines is 1. The standard InChI is InChI=1S/C21H25F3N4O2/c1-2-13-5-7-14(8-6-13)17-10-18(21(22,23)24)28-19(27-17)16(12-26-28)20(29)25-11-15-4-3-9-30-15/h5-8,12,15,17-18,27H,2-4,9-11H2,1H3,(H,25,29)/t15-,17+,18+/m1/s1. The number of hydrogen-bond donors (Lipinski definition) is 2. The summed E-state index contributed by atoms with van der Waals surface area (Å²) in [6.45, 7) is 3.01. The highest BCUT2D eigenvalue weighted by molar-refractivity contribution is 5.98. The molecular formula is C21H25F3N4O2. The normalized spacial score (nSPS) is 23.7. The first kappa shape index (κ1) is 20.7. The summed E-state index contributed by atoms with van der Waals surface area (Å²) in [4.78, 5) is 12.7. The van der Waals surface area contributed by atoms with Crippen LogP contribution in [0.1, 0.15) is 59.8 Å². The van der Waals surface area contributed by atoms with E-state index in [2.05, 4.69) is 15.7 Å². The Kier molecular flexibility index (Phi) is 5.73. The molecule has 1 aromatic carbocycles. The first-order valence-corrected chi connectivity index (χ1v) is 10.3. The fourth-order valence-electron chi connectivity index (χ4n) is 4.04. The predicted molar refractivity (Wildman–Crippen MR) is 105 cm³/mol. The minimum Gasteiger partial charge on any atom is -0.376 e. The molecule has 1 saturated heterocycles. The van der Waals surface area contributed by atoms with Crippen LogP contribution in [-0.2, 0) is 11.2 Å². The number of aryl methyl sites for hydroxylation is 1. The Hall–Kier alpha value is -2.55. The molecule has 0 spiro atoms. The van der Waals surface area contributed by atoms with Gasteiger partial charge in [-0.25, -0.2) is 4.68 Å². The van der Waals surface area contributed by atoms with Crippen LogP contribution >= 0.6 is 0 Å². The molecule has 0 saturated carbocycles. The fraction of sp³-hybridized carbons (Fsp3) is 0.524. The maximum Gasteiger partial charge on any atom is 0.410 e. The zero-order valence-electron chi connectivity index (χ0n) is 16.7. The maximum atomic E-state index is 13.8. The van der Waals surface area contributed by atoms with Gasteiger partial charge in [-0.2, -0.15) is 18.3 Å². The van der Waals surface area contributed by atoms with Gasteiger partial charge in [0.1, 0.15) is 11.4 Å². The van der Waals surface area contributed by atoms with E-state index < -0.39 is 24.2 Å². The van der Waals surface area contributed by atoms with Gasteiger partial charge in [0.15, 0.2) is 6.04 Å². The molecule has 3 heterocycles. The molecule has 162 valence electrons. The average Bonchev–Trinajstić information content (AvgIpc) is 3.40. The number of halogens is 3. The summed E-state index contributed by atoms with van der Waals surface area (Å²) in [6, 6.07) is 5.14. The van der Waals surface area contributed by atoms with Crippen molar-refractivity contribution in [2.75, 3.05) is 18.5 Å². The highest BCUT2D eigenvalue weighted by Crippen LogP contribution is 2.44. The summed E-state index contributed by atoms with van der Waals surface area (Å²) in [7, 11) is 0. The summed E-state index contributed by atoms with van der Waals surface area (Å²) < 4.78 is 47.7. The van der Waals surface area contributed by atoms with Gasteiger partial charge in [-0.1, -0.05) is 31.2 Å². The van der Waals surface area contributed by atoms with E-state index in [0.29, 0.717) is 13.2 Å². The number of hydrogen-bond acceptors (Lipinski definition) is 4. The second kappa shape index (κ2) is 8.29. The van der Waals surface area contributed by atoms with E-state index in [1.807, 2.05) is 31.2 Å².